The molecule has 0 fully saturated rings. The van der Waals surface area contributed by atoms with Gasteiger partial charge in [-0.2, -0.15) is 4.80 Å². The fourth-order valence-electron chi connectivity index (χ4n) is 1.74. The normalized spacial score (nSPS) is 12.9. The SMILES string of the molecule is CCCC(O)c1ccn(Cc2nnn(C)n2)c1. The molecule has 0 radical (unpaired) electrons. The molecule has 0 amide bonds. The van der Waals surface area contributed by atoms with Gasteiger partial charge < -0.3 is 9.67 Å². The van der Waals surface area contributed by atoms with Gasteiger partial charge in [0.25, 0.3) is 0 Å². The van der Waals surface area contributed by atoms with E-state index < -0.39 is 0 Å². The van der Waals surface area contributed by atoms with E-state index >= 15 is 0 Å². The molecule has 2 aromatic heterocycles. The van der Waals surface area contributed by atoms with Crippen molar-refractivity contribution < 1.29 is 5.11 Å². The van der Waals surface area contributed by atoms with Crippen LogP contribution >= 0.6 is 0 Å². The van der Waals surface area contributed by atoms with Gasteiger partial charge in [-0.15, -0.1) is 10.2 Å². The van der Waals surface area contributed by atoms with Crippen LogP contribution in [-0.2, 0) is 13.6 Å². The summed E-state index contributed by atoms with van der Waals surface area (Å²) >= 11 is 0. The summed E-state index contributed by atoms with van der Waals surface area (Å²) in [6.07, 6.45) is 5.23. The van der Waals surface area contributed by atoms with Crippen molar-refractivity contribution in [1.82, 2.24) is 24.8 Å². The molecule has 17 heavy (non-hydrogen) atoms. The van der Waals surface area contributed by atoms with E-state index in [2.05, 4.69) is 22.3 Å². The molecular formula is C11H17N5O. The molecule has 0 aromatic carbocycles. The van der Waals surface area contributed by atoms with Crippen LogP contribution in [0.2, 0.25) is 0 Å². The van der Waals surface area contributed by atoms with Gasteiger partial charge in [0.1, 0.15) is 0 Å². The first-order chi connectivity index (χ1) is 8.19. The predicted octanol–water partition coefficient (Wildman–Crippen LogP) is 0.893. The summed E-state index contributed by atoms with van der Waals surface area (Å²) in [7, 11) is 1.74. The molecule has 6 nitrogen and oxygen atoms in total. The highest BCUT2D eigenvalue weighted by atomic mass is 16.3. The smallest absolute Gasteiger partial charge is 0.194 e. The zero-order valence-electron chi connectivity index (χ0n) is 10.1. The van der Waals surface area contributed by atoms with E-state index in [-0.39, 0.29) is 6.10 Å². The summed E-state index contributed by atoms with van der Waals surface area (Å²) in [5.41, 5.74) is 0.941. The van der Waals surface area contributed by atoms with Crippen LogP contribution in [0.3, 0.4) is 0 Å². The first kappa shape index (κ1) is 11.8. The third-order valence-corrected chi connectivity index (χ3v) is 2.59. The molecule has 2 rings (SSSR count). The number of aryl methyl sites for hydroxylation is 1. The molecule has 6 heteroatoms. The van der Waals surface area contributed by atoms with Gasteiger partial charge in [-0.05, 0) is 23.3 Å². The number of aromatic nitrogens is 5. The third kappa shape index (κ3) is 2.91. The summed E-state index contributed by atoms with van der Waals surface area (Å²) in [5.74, 6) is 0.666. The van der Waals surface area contributed by atoms with E-state index in [0.717, 1.165) is 18.4 Å². The Morgan fingerprint density at radius 3 is 2.94 bits per heavy atom. The fourth-order valence-corrected chi connectivity index (χ4v) is 1.74. The average molecular weight is 235 g/mol. The summed E-state index contributed by atoms with van der Waals surface area (Å²) in [6.45, 7) is 2.64. The molecule has 0 aliphatic rings. The van der Waals surface area contributed by atoms with E-state index in [1.807, 2.05) is 23.0 Å². The van der Waals surface area contributed by atoms with Crippen LogP contribution in [0.5, 0.6) is 0 Å². The molecule has 1 unspecified atom stereocenters. The van der Waals surface area contributed by atoms with E-state index in [1.54, 1.807) is 7.05 Å². The van der Waals surface area contributed by atoms with Gasteiger partial charge in [-0.25, -0.2) is 0 Å². The van der Waals surface area contributed by atoms with Crippen LogP contribution in [0, 0.1) is 0 Å². The molecule has 2 heterocycles. The average Bonchev–Trinajstić information content (AvgIpc) is 2.89. The zero-order chi connectivity index (χ0) is 12.3. The van der Waals surface area contributed by atoms with Crippen molar-refractivity contribution in [3.05, 3.63) is 29.8 Å². The minimum Gasteiger partial charge on any atom is -0.388 e. The predicted molar refractivity (Wildman–Crippen MR) is 62.2 cm³/mol. The van der Waals surface area contributed by atoms with Crippen LogP contribution in [0.4, 0.5) is 0 Å². The van der Waals surface area contributed by atoms with E-state index in [1.165, 1.54) is 4.80 Å². The quantitative estimate of drug-likeness (QED) is 0.835. The number of rotatable bonds is 5. The van der Waals surface area contributed by atoms with Gasteiger partial charge in [-0.1, -0.05) is 13.3 Å². The molecule has 0 saturated carbocycles. The molecule has 2 aromatic rings. The Morgan fingerprint density at radius 2 is 2.29 bits per heavy atom. The van der Waals surface area contributed by atoms with E-state index in [0.29, 0.717) is 12.4 Å². The number of hydrogen-bond donors (Lipinski definition) is 1. The zero-order valence-corrected chi connectivity index (χ0v) is 10.1. The third-order valence-electron chi connectivity index (χ3n) is 2.59. The second-order valence-corrected chi connectivity index (χ2v) is 4.12. The number of aliphatic hydroxyl groups is 1. The Balaban J connectivity index is 2.03. The highest BCUT2D eigenvalue weighted by Crippen LogP contribution is 2.18. The highest BCUT2D eigenvalue weighted by molar-refractivity contribution is 5.14. The topological polar surface area (TPSA) is 68.8 Å². The largest absolute Gasteiger partial charge is 0.388 e. The monoisotopic (exact) mass is 235 g/mol. The second kappa shape index (κ2) is 5.09. The van der Waals surface area contributed by atoms with Gasteiger partial charge in [0.05, 0.1) is 19.7 Å². The molecule has 92 valence electrons. The minimum atomic E-state index is -0.379. The van der Waals surface area contributed by atoms with Gasteiger partial charge in [0.2, 0.25) is 0 Å². The maximum Gasteiger partial charge on any atom is 0.194 e. The molecular weight excluding hydrogens is 218 g/mol. The Kier molecular flexibility index (Phi) is 3.53. The molecule has 0 aliphatic carbocycles. The van der Waals surface area contributed by atoms with Gasteiger partial charge in [-0.3, -0.25) is 0 Å². The molecule has 0 spiro atoms. The Labute approximate surface area is 99.9 Å². The van der Waals surface area contributed by atoms with Crippen molar-refractivity contribution >= 4 is 0 Å². The maximum absolute atomic E-state index is 9.84. The number of tetrazole rings is 1. The van der Waals surface area contributed by atoms with Crippen LogP contribution in [0.25, 0.3) is 0 Å². The Bertz CT molecular complexity index is 476. The van der Waals surface area contributed by atoms with Crippen molar-refractivity contribution in [2.45, 2.75) is 32.4 Å². The van der Waals surface area contributed by atoms with E-state index in [9.17, 15) is 5.11 Å². The minimum absolute atomic E-state index is 0.379. The van der Waals surface area contributed by atoms with Crippen LogP contribution in [0.15, 0.2) is 18.5 Å². The molecule has 1 atom stereocenters. The summed E-state index contributed by atoms with van der Waals surface area (Å²) < 4.78 is 1.95. The van der Waals surface area contributed by atoms with Gasteiger partial charge in [0, 0.05) is 12.4 Å². The highest BCUT2D eigenvalue weighted by Gasteiger charge is 2.08. The lowest BCUT2D eigenvalue weighted by Crippen LogP contribution is -2.00. The summed E-state index contributed by atoms with van der Waals surface area (Å²) in [6, 6.07) is 1.93. The maximum atomic E-state index is 9.84. The van der Waals surface area contributed by atoms with Crippen molar-refractivity contribution in [1.29, 1.82) is 0 Å². The molecule has 0 saturated heterocycles. The summed E-state index contributed by atoms with van der Waals surface area (Å²) in [4.78, 5) is 1.44. The number of aliphatic hydroxyl groups excluding tert-OH is 1. The Hall–Kier alpha value is -1.69. The van der Waals surface area contributed by atoms with Crippen molar-refractivity contribution in [3.63, 3.8) is 0 Å². The molecule has 1 N–H and O–H groups in total. The summed E-state index contributed by atoms with van der Waals surface area (Å²) in [5, 5.41) is 21.6. The van der Waals surface area contributed by atoms with E-state index in [4.69, 9.17) is 0 Å². The fraction of sp³-hybridized carbons (Fsp3) is 0.545. The number of nitrogens with zero attached hydrogens (tertiary/aromatic N) is 5. The van der Waals surface area contributed by atoms with Crippen molar-refractivity contribution in [2.75, 3.05) is 0 Å². The van der Waals surface area contributed by atoms with Crippen molar-refractivity contribution in [2.24, 2.45) is 7.05 Å². The van der Waals surface area contributed by atoms with Gasteiger partial charge >= 0.3 is 0 Å². The Morgan fingerprint density at radius 1 is 1.47 bits per heavy atom. The first-order valence-corrected chi connectivity index (χ1v) is 5.75. The second-order valence-electron chi connectivity index (χ2n) is 4.12. The van der Waals surface area contributed by atoms with Crippen molar-refractivity contribution in [3.8, 4) is 0 Å². The lowest BCUT2D eigenvalue weighted by Gasteiger charge is -2.05. The van der Waals surface area contributed by atoms with Gasteiger partial charge in [0.15, 0.2) is 5.82 Å². The lowest BCUT2D eigenvalue weighted by atomic mass is 10.1. The molecule has 0 bridgehead atoms. The molecule has 0 aliphatic heterocycles. The van der Waals surface area contributed by atoms with Crippen LogP contribution < -0.4 is 0 Å². The number of hydrogen-bond acceptors (Lipinski definition) is 4. The van der Waals surface area contributed by atoms with Crippen LogP contribution in [-0.4, -0.2) is 29.9 Å². The van der Waals surface area contributed by atoms with Crippen LogP contribution in [0.1, 0.15) is 37.3 Å². The first-order valence-electron chi connectivity index (χ1n) is 5.75. The standard InChI is InChI=1S/C11H17N5O/c1-3-4-10(17)9-5-6-16(7-9)8-11-12-14-15(2)13-11/h5-7,10,17H,3-4,8H2,1-2H3. The lowest BCUT2D eigenvalue weighted by molar-refractivity contribution is 0.166.